The minimum atomic E-state index is -0.0885. The van der Waals surface area contributed by atoms with Crippen LogP contribution in [0.25, 0.3) is 11.5 Å². The molecule has 0 aliphatic rings. The summed E-state index contributed by atoms with van der Waals surface area (Å²) in [4.78, 5) is 28.8. The van der Waals surface area contributed by atoms with Gasteiger partial charge in [-0.2, -0.15) is 0 Å². The zero-order valence-electron chi connectivity index (χ0n) is 17.0. The molecule has 0 bridgehead atoms. The van der Waals surface area contributed by atoms with E-state index in [0.29, 0.717) is 29.7 Å². The minimum absolute atomic E-state index is 0.00488. The fourth-order valence-electron chi connectivity index (χ4n) is 3.25. The van der Waals surface area contributed by atoms with E-state index in [2.05, 4.69) is 18.8 Å². The summed E-state index contributed by atoms with van der Waals surface area (Å²) in [7, 11) is 0. The van der Waals surface area contributed by atoms with Gasteiger partial charge in [0, 0.05) is 12.0 Å². The van der Waals surface area contributed by atoms with Crippen LogP contribution in [0.4, 0.5) is 0 Å². The van der Waals surface area contributed by atoms with Crippen LogP contribution < -0.4 is 0 Å². The summed E-state index contributed by atoms with van der Waals surface area (Å²) in [6.07, 6.45) is 4.88. The van der Waals surface area contributed by atoms with Gasteiger partial charge in [-0.25, -0.2) is 4.98 Å². The summed E-state index contributed by atoms with van der Waals surface area (Å²) in [5.74, 6) is 1.79. The molecule has 1 aromatic heterocycles. The quantitative estimate of drug-likeness (QED) is 0.481. The molecular formula is C23H31NO3. The molecular weight excluding hydrogens is 338 g/mol. The third-order valence-electron chi connectivity index (χ3n) is 5.17. The molecule has 0 saturated carbocycles. The lowest BCUT2D eigenvalue weighted by atomic mass is 9.95. The molecule has 0 atom stereocenters. The van der Waals surface area contributed by atoms with Gasteiger partial charge in [-0.1, -0.05) is 50.8 Å². The van der Waals surface area contributed by atoms with Crippen molar-refractivity contribution in [3.63, 3.8) is 0 Å². The average molecular weight is 370 g/mol. The van der Waals surface area contributed by atoms with Crippen LogP contribution in [-0.2, 0) is 16.0 Å². The van der Waals surface area contributed by atoms with Crippen LogP contribution in [0.15, 0.2) is 28.7 Å². The molecule has 1 aromatic carbocycles. The molecule has 0 amide bonds. The minimum Gasteiger partial charge on any atom is -0.441 e. The Morgan fingerprint density at radius 1 is 1.04 bits per heavy atom. The standard InChI is InChI=1S/C23H31NO3/c1-5-18(6-2)8-7-9-20(25)14-21(26)15-22-17(4)27-23(24-22)19-12-10-16(3)11-13-19/h10-13,18H,5-9,14-15H2,1-4H3. The monoisotopic (exact) mass is 369 g/mol. The smallest absolute Gasteiger partial charge is 0.226 e. The molecule has 0 unspecified atom stereocenters. The van der Waals surface area contributed by atoms with Gasteiger partial charge in [-0.15, -0.1) is 0 Å². The van der Waals surface area contributed by atoms with Crippen molar-refractivity contribution in [2.24, 2.45) is 5.92 Å². The van der Waals surface area contributed by atoms with Crippen LogP contribution in [0.1, 0.15) is 69.4 Å². The number of ketones is 2. The maximum atomic E-state index is 12.3. The van der Waals surface area contributed by atoms with Crippen molar-refractivity contribution >= 4 is 11.6 Å². The first-order valence-electron chi connectivity index (χ1n) is 9.99. The molecule has 4 nitrogen and oxygen atoms in total. The molecule has 2 rings (SSSR count). The van der Waals surface area contributed by atoms with Gasteiger partial charge >= 0.3 is 0 Å². The van der Waals surface area contributed by atoms with Crippen molar-refractivity contribution in [1.82, 2.24) is 4.98 Å². The largest absolute Gasteiger partial charge is 0.441 e. The van der Waals surface area contributed by atoms with Gasteiger partial charge in [0.2, 0.25) is 5.89 Å². The Morgan fingerprint density at radius 2 is 1.70 bits per heavy atom. The second-order valence-corrected chi connectivity index (χ2v) is 7.39. The van der Waals surface area contributed by atoms with E-state index >= 15 is 0 Å². The molecule has 4 heteroatoms. The zero-order valence-corrected chi connectivity index (χ0v) is 17.0. The average Bonchev–Trinajstić information content (AvgIpc) is 2.99. The highest BCUT2D eigenvalue weighted by Crippen LogP contribution is 2.23. The first kappa shape index (κ1) is 21.1. The van der Waals surface area contributed by atoms with E-state index in [1.165, 1.54) is 5.56 Å². The van der Waals surface area contributed by atoms with E-state index in [-0.39, 0.29) is 24.4 Å². The van der Waals surface area contributed by atoms with Gasteiger partial charge in [0.15, 0.2) is 0 Å². The molecule has 0 aliphatic carbocycles. The highest BCUT2D eigenvalue weighted by molar-refractivity contribution is 5.99. The topological polar surface area (TPSA) is 60.2 Å². The van der Waals surface area contributed by atoms with Gasteiger partial charge in [0.05, 0.1) is 18.5 Å². The summed E-state index contributed by atoms with van der Waals surface area (Å²) >= 11 is 0. The van der Waals surface area contributed by atoms with E-state index in [1.807, 2.05) is 38.1 Å². The van der Waals surface area contributed by atoms with Gasteiger partial charge in [0.25, 0.3) is 0 Å². The van der Waals surface area contributed by atoms with E-state index in [4.69, 9.17) is 4.42 Å². The lowest BCUT2D eigenvalue weighted by Crippen LogP contribution is -2.11. The Balaban J connectivity index is 1.86. The number of benzene rings is 1. The van der Waals surface area contributed by atoms with Crippen LogP contribution in [0.5, 0.6) is 0 Å². The summed E-state index contributed by atoms with van der Waals surface area (Å²) in [5, 5.41) is 0. The molecule has 0 N–H and O–H groups in total. The second-order valence-electron chi connectivity index (χ2n) is 7.39. The number of aryl methyl sites for hydroxylation is 2. The number of carbonyl (C=O) groups is 2. The van der Waals surface area contributed by atoms with Crippen molar-refractivity contribution in [3.05, 3.63) is 41.3 Å². The number of hydrogen-bond acceptors (Lipinski definition) is 4. The second kappa shape index (κ2) is 10.2. The lowest BCUT2D eigenvalue weighted by Gasteiger charge is -2.10. The first-order valence-corrected chi connectivity index (χ1v) is 9.99. The summed E-state index contributed by atoms with van der Waals surface area (Å²) in [6, 6.07) is 7.91. The van der Waals surface area contributed by atoms with Crippen LogP contribution in [0.3, 0.4) is 0 Å². The predicted octanol–water partition coefficient (Wildman–Crippen LogP) is 5.64. The highest BCUT2D eigenvalue weighted by atomic mass is 16.4. The molecule has 0 aliphatic heterocycles. The zero-order chi connectivity index (χ0) is 19.8. The number of rotatable bonds is 11. The van der Waals surface area contributed by atoms with E-state index in [1.54, 1.807) is 0 Å². The third kappa shape index (κ3) is 6.46. The van der Waals surface area contributed by atoms with Crippen molar-refractivity contribution in [2.45, 2.75) is 72.6 Å². The van der Waals surface area contributed by atoms with Crippen LogP contribution in [0.2, 0.25) is 0 Å². The maximum absolute atomic E-state index is 12.3. The van der Waals surface area contributed by atoms with Crippen LogP contribution >= 0.6 is 0 Å². The Labute approximate surface area is 162 Å². The SMILES string of the molecule is CCC(CC)CCCC(=O)CC(=O)Cc1nc(-c2ccc(C)cc2)oc1C. The molecule has 2 aromatic rings. The normalized spacial score (nSPS) is 11.1. The molecule has 0 saturated heterocycles. The van der Waals surface area contributed by atoms with Crippen molar-refractivity contribution in [2.75, 3.05) is 0 Å². The Bertz CT molecular complexity index is 754. The molecule has 0 fully saturated rings. The van der Waals surface area contributed by atoms with Gasteiger partial charge < -0.3 is 4.42 Å². The summed E-state index contributed by atoms with van der Waals surface area (Å²) < 4.78 is 5.71. The van der Waals surface area contributed by atoms with Crippen LogP contribution in [-0.4, -0.2) is 16.6 Å². The first-order chi connectivity index (χ1) is 12.9. The van der Waals surface area contributed by atoms with Crippen LogP contribution in [0, 0.1) is 19.8 Å². The third-order valence-corrected chi connectivity index (χ3v) is 5.17. The van der Waals surface area contributed by atoms with Gasteiger partial charge in [-0.05, 0) is 38.3 Å². The van der Waals surface area contributed by atoms with Gasteiger partial charge in [-0.3, -0.25) is 9.59 Å². The number of nitrogens with zero attached hydrogens (tertiary/aromatic N) is 1. The number of carbonyl (C=O) groups excluding carboxylic acids is 2. The highest BCUT2D eigenvalue weighted by Gasteiger charge is 2.17. The molecule has 1 heterocycles. The fraction of sp³-hybridized carbons (Fsp3) is 0.522. The lowest BCUT2D eigenvalue weighted by molar-refractivity contribution is -0.126. The van der Waals surface area contributed by atoms with Crippen molar-refractivity contribution < 1.29 is 14.0 Å². The molecule has 0 radical (unpaired) electrons. The number of hydrogen-bond donors (Lipinski definition) is 0. The van der Waals surface area contributed by atoms with E-state index < -0.39 is 0 Å². The van der Waals surface area contributed by atoms with Crippen molar-refractivity contribution in [1.29, 1.82) is 0 Å². The Kier molecular flexibility index (Phi) is 7.96. The van der Waals surface area contributed by atoms with Crippen molar-refractivity contribution in [3.8, 4) is 11.5 Å². The molecule has 27 heavy (non-hydrogen) atoms. The summed E-state index contributed by atoms with van der Waals surface area (Å²) in [5.41, 5.74) is 2.68. The van der Waals surface area contributed by atoms with Gasteiger partial charge in [0.1, 0.15) is 17.3 Å². The predicted molar refractivity (Wildman–Crippen MR) is 108 cm³/mol. The molecule has 146 valence electrons. The number of oxazole rings is 1. The number of aromatic nitrogens is 1. The number of Topliss-reactive ketones (excluding diaryl/α,β-unsaturated/α-hetero) is 2. The fourth-order valence-corrected chi connectivity index (χ4v) is 3.25. The van der Waals surface area contributed by atoms with E-state index in [9.17, 15) is 9.59 Å². The maximum Gasteiger partial charge on any atom is 0.226 e. The Hall–Kier alpha value is -2.23. The summed E-state index contributed by atoms with van der Waals surface area (Å²) in [6.45, 7) is 8.20. The molecule has 0 spiro atoms. The van der Waals surface area contributed by atoms with E-state index in [0.717, 1.165) is 31.2 Å². The Morgan fingerprint density at radius 3 is 2.33 bits per heavy atom.